The molecule has 2 aliphatic rings. The molecule has 0 aliphatic carbocycles. The Bertz CT molecular complexity index is 3860. The predicted molar refractivity (Wildman–Crippen MR) is 265 cm³/mol. The lowest BCUT2D eigenvalue weighted by molar-refractivity contribution is 0.623. The maximum Gasteiger partial charge on any atom is 0.257 e. The molecule has 0 N–H and O–H groups in total. The number of furan rings is 1. The van der Waals surface area contributed by atoms with Crippen LogP contribution < -0.4 is 26.2 Å². The zero-order valence-corrected chi connectivity index (χ0v) is 34.3. The van der Waals surface area contributed by atoms with Gasteiger partial charge in [0.2, 0.25) is 5.88 Å². The average molecular weight is 789 g/mol. The summed E-state index contributed by atoms with van der Waals surface area (Å²) in [5.74, 6) is 0.884. The van der Waals surface area contributed by atoms with E-state index in [1.54, 1.807) is 0 Å². The summed E-state index contributed by atoms with van der Waals surface area (Å²) in [5, 5.41) is 16.2. The largest absolute Gasteiger partial charge is 0.440 e. The maximum absolute atomic E-state index is 7.21. The van der Waals surface area contributed by atoms with Gasteiger partial charge in [0.1, 0.15) is 5.58 Å². The first kappa shape index (κ1) is 34.0. The lowest BCUT2D eigenvalue weighted by Crippen LogP contribution is -2.61. The minimum atomic E-state index is -0.0561. The average Bonchev–Trinajstić information content (AvgIpc) is 3.69. The zero-order valence-electron chi connectivity index (χ0n) is 34.3. The van der Waals surface area contributed by atoms with E-state index in [-0.39, 0.29) is 6.71 Å². The van der Waals surface area contributed by atoms with Crippen LogP contribution in [-0.4, -0.2) is 6.71 Å². The third-order valence-electron chi connectivity index (χ3n) is 13.9. The highest BCUT2D eigenvalue weighted by molar-refractivity contribution is 7.01. The molecule has 11 aromatic carbocycles. The van der Waals surface area contributed by atoms with Gasteiger partial charge in [0.25, 0.3) is 6.71 Å². The summed E-state index contributed by atoms with van der Waals surface area (Å²) in [6.45, 7) is 4.35. The summed E-state index contributed by atoms with van der Waals surface area (Å²) in [5.41, 5.74) is 12.9. The van der Waals surface area contributed by atoms with Crippen LogP contribution in [0.2, 0.25) is 0 Å². The fraction of sp³-hybridized carbons (Fsp3) is 0.0345. The Morgan fingerprint density at radius 3 is 1.52 bits per heavy atom. The van der Waals surface area contributed by atoms with E-state index in [2.05, 4.69) is 212 Å². The fourth-order valence-electron chi connectivity index (χ4n) is 11.4. The van der Waals surface area contributed by atoms with E-state index in [4.69, 9.17) is 4.42 Å². The van der Waals surface area contributed by atoms with Gasteiger partial charge in [-0.2, -0.15) is 0 Å². The molecule has 0 saturated heterocycles. The van der Waals surface area contributed by atoms with E-state index in [1.165, 1.54) is 104 Å². The van der Waals surface area contributed by atoms with Gasteiger partial charge in [0, 0.05) is 39.0 Å². The molecule has 3 heterocycles. The molecule has 1 aromatic heterocycles. The Hall–Kier alpha value is -7.82. The molecule has 0 radical (unpaired) electrons. The van der Waals surface area contributed by atoms with E-state index in [0.29, 0.717) is 0 Å². The van der Waals surface area contributed by atoms with Crippen molar-refractivity contribution in [2.24, 2.45) is 0 Å². The highest BCUT2D eigenvalue weighted by Gasteiger charge is 2.46. The summed E-state index contributed by atoms with van der Waals surface area (Å²) in [7, 11) is 0. The lowest BCUT2D eigenvalue weighted by Gasteiger charge is -2.42. The third kappa shape index (κ3) is 4.45. The highest BCUT2D eigenvalue weighted by Crippen LogP contribution is 2.50. The van der Waals surface area contributed by atoms with Crippen LogP contribution in [0.1, 0.15) is 11.1 Å². The van der Waals surface area contributed by atoms with E-state index >= 15 is 0 Å². The topological polar surface area (TPSA) is 19.6 Å². The van der Waals surface area contributed by atoms with Gasteiger partial charge in [0.15, 0.2) is 0 Å². The minimum Gasteiger partial charge on any atom is -0.440 e. The molecule has 62 heavy (non-hydrogen) atoms. The van der Waals surface area contributed by atoms with Crippen LogP contribution in [0.4, 0.5) is 34.3 Å². The van der Waals surface area contributed by atoms with Gasteiger partial charge in [-0.05, 0) is 133 Å². The van der Waals surface area contributed by atoms with Crippen molar-refractivity contribution >= 4 is 133 Å². The summed E-state index contributed by atoms with van der Waals surface area (Å²) in [6.07, 6.45) is 0. The molecule has 0 atom stereocenters. The normalized spacial score (nSPS) is 13.2. The standard InChI is InChI=1S/C58H37BN2O/c1-34-26-30-54-48(31-34)56-58(62-54)61(51-22-11-21-46-42-17-7-5-16-40(42)41-18-9-10-20-45(41)55(46)51)53-24-12-23-52-57(53)59(56)49-32-35(2)25-29-50(49)60(52)36-27-28-44-39-15-4-3-13-37(39)38-14-6-8-19-43(38)47(44)33-36/h3-33H,1-2H3. The molecule has 288 valence electrons. The number of hydrogen-bond acceptors (Lipinski definition) is 3. The Labute approximate surface area is 358 Å². The highest BCUT2D eigenvalue weighted by atomic mass is 16.4. The van der Waals surface area contributed by atoms with Gasteiger partial charge in [-0.3, -0.25) is 4.90 Å². The second-order valence-electron chi connectivity index (χ2n) is 17.3. The van der Waals surface area contributed by atoms with E-state index < -0.39 is 0 Å². The van der Waals surface area contributed by atoms with Gasteiger partial charge >= 0.3 is 0 Å². The Morgan fingerprint density at radius 1 is 0.355 bits per heavy atom. The smallest absolute Gasteiger partial charge is 0.257 e. The molecule has 0 unspecified atom stereocenters. The number of benzene rings is 11. The number of anilines is 6. The predicted octanol–water partition coefficient (Wildman–Crippen LogP) is 14.1. The molecule has 0 amide bonds. The molecule has 3 nitrogen and oxygen atoms in total. The van der Waals surface area contributed by atoms with Crippen molar-refractivity contribution in [3.63, 3.8) is 0 Å². The van der Waals surface area contributed by atoms with Gasteiger partial charge in [-0.15, -0.1) is 0 Å². The van der Waals surface area contributed by atoms with E-state index in [9.17, 15) is 0 Å². The first-order valence-electron chi connectivity index (χ1n) is 21.6. The minimum absolute atomic E-state index is 0.0561. The monoisotopic (exact) mass is 788 g/mol. The molecule has 0 spiro atoms. The van der Waals surface area contributed by atoms with Gasteiger partial charge in [-0.25, -0.2) is 0 Å². The lowest BCUT2D eigenvalue weighted by atomic mass is 9.33. The van der Waals surface area contributed by atoms with Gasteiger partial charge in [-0.1, -0.05) is 151 Å². The fourth-order valence-corrected chi connectivity index (χ4v) is 11.4. The molecule has 12 aromatic rings. The van der Waals surface area contributed by atoms with Crippen LogP contribution in [0.15, 0.2) is 192 Å². The van der Waals surface area contributed by atoms with Crippen LogP contribution in [0, 0.1) is 13.8 Å². The Balaban J connectivity index is 1.10. The van der Waals surface area contributed by atoms with E-state index in [0.717, 1.165) is 33.9 Å². The first-order chi connectivity index (χ1) is 30.6. The first-order valence-corrected chi connectivity index (χ1v) is 21.6. The van der Waals surface area contributed by atoms with Gasteiger partial charge in [0.05, 0.1) is 5.69 Å². The summed E-state index contributed by atoms with van der Waals surface area (Å²) in [4.78, 5) is 4.97. The number of nitrogens with zero attached hydrogens (tertiary/aromatic N) is 2. The number of aryl methyl sites for hydroxylation is 2. The van der Waals surface area contributed by atoms with Crippen LogP contribution in [-0.2, 0) is 0 Å². The van der Waals surface area contributed by atoms with E-state index in [1.807, 2.05) is 0 Å². The zero-order chi connectivity index (χ0) is 40.8. The van der Waals surface area contributed by atoms with Crippen molar-refractivity contribution in [3.05, 3.63) is 199 Å². The van der Waals surface area contributed by atoms with Crippen molar-refractivity contribution in [1.29, 1.82) is 0 Å². The van der Waals surface area contributed by atoms with Crippen LogP contribution in [0.3, 0.4) is 0 Å². The summed E-state index contributed by atoms with van der Waals surface area (Å²) >= 11 is 0. The number of fused-ring (bicyclic) bond motifs is 18. The van der Waals surface area contributed by atoms with Crippen LogP contribution in [0.25, 0.3) is 75.6 Å². The molecule has 4 heteroatoms. The third-order valence-corrected chi connectivity index (χ3v) is 13.9. The van der Waals surface area contributed by atoms with Crippen LogP contribution in [0.5, 0.6) is 0 Å². The second-order valence-corrected chi connectivity index (χ2v) is 17.3. The van der Waals surface area contributed by atoms with Crippen molar-refractivity contribution in [3.8, 4) is 0 Å². The maximum atomic E-state index is 7.21. The van der Waals surface area contributed by atoms with Crippen molar-refractivity contribution < 1.29 is 4.42 Å². The molecular formula is C58H37BN2O. The molecular weight excluding hydrogens is 751 g/mol. The SMILES string of the molecule is Cc1ccc2c(c1)B1c3c(cccc3N(c3cccc4c5ccccc5c5ccccc5c34)c3oc4ccc(C)cc4c31)N2c1ccc2c3ccccc3c3ccccc3c2c1. The van der Waals surface area contributed by atoms with Gasteiger partial charge < -0.3 is 9.32 Å². The Morgan fingerprint density at radius 2 is 0.855 bits per heavy atom. The molecule has 0 bridgehead atoms. The molecule has 14 rings (SSSR count). The van der Waals surface area contributed by atoms with Crippen molar-refractivity contribution in [2.75, 3.05) is 9.80 Å². The number of hydrogen-bond donors (Lipinski definition) is 0. The van der Waals surface area contributed by atoms with Crippen LogP contribution >= 0.6 is 0 Å². The van der Waals surface area contributed by atoms with Crippen molar-refractivity contribution in [2.45, 2.75) is 13.8 Å². The Kier molecular flexibility index (Phi) is 6.78. The molecule has 0 fully saturated rings. The second kappa shape index (κ2) is 12.4. The molecule has 2 aliphatic heterocycles. The van der Waals surface area contributed by atoms with Crippen molar-refractivity contribution in [1.82, 2.24) is 0 Å². The molecule has 0 saturated carbocycles. The summed E-state index contributed by atoms with van der Waals surface area (Å²) < 4.78 is 7.21. The summed E-state index contributed by atoms with van der Waals surface area (Å²) in [6, 6.07) is 69.9. The quantitative estimate of drug-likeness (QED) is 0.128. The number of rotatable bonds is 2.